The molecule has 1 saturated heterocycles. The van der Waals surface area contributed by atoms with Gasteiger partial charge in [-0.25, -0.2) is 13.1 Å². The van der Waals surface area contributed by atoms with Gasteiger partial charge in [0, 0.05) is 16.1 Å². The highest BCUT2D eigenvalue weighted by molar-refractivity contribution is 9.10. The average molecular weight is 490 g/mol. The van der Waals surface area contributed by atoms with Crippen LogP contribution < -0.4 is 10.1 Å². The first-order chi connectivity index (χ1) is 14.4. The fourth-order valence-electron chi connectivity index (χ4n) is 3.34. The van der Waals surface area contributed by atoms with E-state index in [0.29, 0.717) is 23.7 Å². The van der Waals surface area contributed by atoms with Crippen LogP contribution in [-0.4, -0.2) is 42.2 Å². The summed E-state index contributed by atoms with van der Waals surface area (Å²) in [5.74, 6) is 0.827. The first-order valence-electron chi connectivity index (χ1n) is 9.43. The number of nitrogens with one attached hydrogen (secondary N) is 1. The van der Waals surface area contributed by atoms with Crippen molar-refractivity contribution in [2.75, 3.05) is 23.4 Å². The van der Waals surface area contributed by atoms with Gasteiger partial charge in [-0.2, -0.15) is 5.10 Å². The van der Waals surface area contributed by atoms with Gasteiger partial charge in [0.15, 0.2) is 16.4 Å². The van der Waals surface area contributed by atoms with Gasteiger partial charge < -0.3 is 10.1 Å². The number of hydrogen-bond donors (Lipinski definition) is 1. The Morgan fingerprint density at radius 2 is 1.90 bits per heavy atom. The third-order valence-corrected chi connectivity index (χ3v) is 7.09. The number of sulfone groups is 1. The largest absolute Gasteiger partial charge is 0.484 e. The molecule has 0 radical (unpaired) electrons. The van der Waals surface area contributed by atoms with Gasteiger partial charge in [0.05, 0.1) is 23.2 Å². The van der Waals surface area contributed by atoms with Crippen molar-refractivity contribution in [2.45, 2.75) is 12.5 Å². The predicted octanol–water partition coefficient (Wildman–Crippen LogP) is 3.69. The number of anilines is 1. The van der Waals surface area contributed by atoms with Crippen molar-refractivity contribution >= 4 is 37.5 Å². The van der Waals surface area contributed by atoms with E-state index in [0.717, 1.165) is 10.0 Å². The maximum absolute atomic E-state index is 12.5. The zero-order valence-electron chi connectivity index (χ0n) is 16.0. The Bertz CT molecular complexity index is 1140. The van der Waals surface area contributed by atoms with E-state index < -0.39 is 9.84 Å². The van der Waals surface area contributed by atoms with Gasteiger partial charge in [-0.15, -0.1) is 0 Å². The topological polar surface area (TPSA) is 90.3 Å². The number of aromatic nitrogens is 2. The van der Waals surface area contributed by atoms with E-state index in [4.69, 9.17) is 4.74 Å². The van der Waals surface area contributed by atoms with E-state index >= 15 is 0 Å². The van der Waals surface area contributed by atoms with Gasteiger partial charge in [-0.3, -0.25) is 4.79 Å². The monoisotopic (exact) mass is 489 g/mol. The molecule has 9 heteroatoms. The van der Waals surface area contributed by atoms with Crippen LogP contribution in [0.4, 0.5) is 5.82 Å². The Labute approximate surface area is 183 Å². The van der Waals surface area contributed by atoms with Crippen molar-refractivity contribution in [1.29, 1.82) is 0 Å². The molecule has 1 fully saturated rings. The first kappa shape index (κ1) is 20.6. The summed E-state index contributed by atoms with van der Waals surface area (Å²) in [6.45, 7) is -0.170. The molecule has 1 unspecified atom stereocenters. The Morgan fingerprint density at radius 3 is 2.57 bits per heavy atom. The molecular weight excluding hydrogens is 470 g/mol. The highest BCUT2D eigenvalue weighted by atomic mass is 79.9. The summed E-state index contributed by atoms with van der Waals surface area (Å²) < 4.78 is 32.0. The predicted molar refractivity (Wildman–Crippen MR) is 118 cm³/mol. The van der Waals surface area contributed by atoms with Gasteiger partial charge in [-0.1, -0.05) is 46.3 Å². The fraction of sp³-hybridized carbons (Fsp3) is 0.238. The lowest BCUT2D eigenvalue weighted by Crippen LogP contribution is -2.23. The van der Waals surface area contributed by atoms with E-state index in [1.165, 1.54) is 0 Å². The van der Waals surface area contributed by atoms with Crippen LogP contribution in [0.3, 0.4) is 0 Å². The van der Waals surface area contributed by atoms with Crippen LogP contribution in [0, 0.1) is 0 Å². The molecule has 1 atom stereocenters. The Hall–Kier alpha value is -2.65. The van der Waals surface area contributed by atoms with Gasteiger partial charge in [0.2, 0.25) is 0 Å². The van der Waals surface area contributed by atoms with Crippen molar-refractivity contribution < 1.29 is 17.9 Å². The van der Waals surface area contributed by atoms with Crippen LogP contribution in [-0.2, 0) is 14.6 Å². The lowest BCUT2D eigenvalue weighted by molar-refractivity contribution is -0.118. The number of benzene rings is 2. The van der Waals surface area contributed by atoms with E-state index in [2.05, 4.69) is 26.3 Å². The van der Waals surface area contributed by atoms with E-state index in [1.54, 1.807) is 22.9 Å². The minimum Gasteiger partial charge on any atom is -0.484 e. The van der Waals surface area contributed by atoms with Crippen molar-refractivity contribution in [2.24, 2.45) is 0 Å². The molecule has 1 aliphatic heterocycles. The summed E-state index contributed by atoms with van der Waals surface area (Å²) in [5, 5.41) is 7.42. The summed E-state index contributed by atoms with van der Waals surface area (Å²) in [6, 6.07) is 18.2. The van der Waals surface area contributed by atoms with Crippen molar-refractivity contribution in [3.8, 4) is 17.0 Å². The van der Waals surface area contributed by atoms with Gasteiger partial charge in [0.1, 0.15) is 11.6 Å². The van der Waals surface area contributed by atoms with Crippen molar-refractivity contribution in [3.63, 3.8) is 0 Å². The third kappa shape index (κ3) is 4.91. The van der Waals surface area contributed by atoms with E-state index in [1.807, 2.05) is 42.5 Å². The van der Waals surface area contributed by atoms with Crippen LogP contribution >= 0.6 is 15.9 Å². The SMILES string of the molecule is O=C(COc1ccc(Br)cc1)Nc1cc(-c2ccccc2)nn1C1CCS(=O)(=O)C1. The Morgan fingerprint density at radius 1 is 1.17 bits per heavy atom. The molecule has 4 rings (SSSR count). The number of carbonyl (C=O) groups is 1. The van der Waals surface area contributed by atoms with Crippen LogP contribution in [0.25, 0.3) is 11.3 Å². The molecule has 156 valence electrons. The Balaban J connectivity index is 1.53. The van der Waals surface area contributed by atoms with Crippen LogP contribution in [0.5, 0.6) is 5.75 Å². The lowest BCUT2D eigenvalue weighted by atomic mass is 10.1. The van der Waals surface area contributed by atoms with Crippen molar-refractivity contribution in [1.82, 2.24) is 9.78 Å². The average Bonchev–Trinajstić information content (AvgIpc) is 3.31. The summed E-state index contributed by atoms with van der Waals surface area (Å²) in [5.41, 5.74) is 1.56. The molecule has 1 N–H and O–H groups in total. The molecule has 0 saturated carbocycles. The molecule has 2 heterocycles. The molecular formula is C21H20BrN3O4S. The quantitative estimate of drug-likeness (QED) is 0.570. The van der Waals surface area contributed by atoms with Crippen molar-refractivity contribution in [3.05, 3.63) is 65.1 Å². The molecule has 3 aromatic rings. The second-order valence-electron chi connectivity index (χ2n) is 7.07. The maximum atomic E-state index is 12.5. The van der Waals surface area contributed by atoms with E-state index in [9.17, 15) is 13.2 Å². The summed E-state index contributed by atoms with van der Waals surface area (Å²) in [7, 11) is -3.10. The highest BCUT2D eigenvalue weighted by Gasteiger charge is 2.31. The third-order valence-electron chi connectivity index (χ3n) is 4.81. The minimum atomic E-state index is -3.10. The second kappa shape index (κ2) is 8.61. The number of amides is 1. The molecule has 1 aliphatic rings. The van der Waals surface area contributed by atoms with Gasteiger partial charge in [-0.05, 0) is 30.7 Å². The molecule has 2 aromatic carbocycles. The number of hydrogen-bond acceptors (Lipinski definition) is 5. The molecule has 1 aromatic heterocycles. The highest BCUT2D eigenvalue weighted by Crippen LogP contribution is 2.30. The zero-order chi connectivity index (χ0) is 21.1. The number of rotatable bonds is 6. The maximum Gasteiger partial charge on any atom is 0.263 e. The van der Waals surface area contributed by atoms with Crippen LogP contribution in [0.15, 0.2) is 65.1 Å². The first-order valence-corrected chi connectivity index (χ1v) is 12.0. The minimum absolute atomic E-state index is 0.0151. The lowest BCUT2D eigenvalue weighted by Gasteiger charge is -2.14. The smallest absolute Gasteiger partial charge is 0.263 e. The summed E-state index contributed by atoms with van der Waals surface area (Å²) in [6.07, 6.45) is 0.469. The molecule has 0 bridgehead atoms. The molecule has 30 heavy (non-hydrogen) atoms. The van der Waals surface area contributed by atoms with Crippen LogP contribution in [0.2, 0.25) is 0 Å². The second-order valence-corrected chi connectivity index (χ2v) is 10.2. The number of nitrogens with zero attached hydrogens (tertiary/aromatic N) is 2. The van der Waals surface area contributed by atoms with Gasteiger partial charge in [0.25, 0.3) is 5.91 Å². The van der Waals surface area contributed by atoms with E-state index in [-0.39, 0.29) is 30.1 Å². The molecule has 1 amide bonds. The number of ether oxygens (including phenoxy) is 1. The number of carbonyl (C=O) groups excluding carboxylic acids is 1. The number of halogens is 1. The standard InChI is InChI=1S/C21H20BrN3O4S/c22-16-6-8-18(9-7-16)29-13-21(26)23-20-12-19(15-4-2-1-3-5-15)24-25(20)17-10-11-30(27,28)14-17/h1-9,12,17H,10-11,13-14H2,(H,23,26). The zero-order valence-corrected chi connectivity index (χ0v) is 18.4. The fourth-order valence-corrected chi connectivity index (χ4v) is 5.30. The molecule has 7 nitrogen and oxygen atoms in total. The summed E-state index contributed by atoms with van der Waals surface area (Å²) in [4.78, 5) is 12.5. The Kier molecular flexibility index (Phi) is 5.92. The van der Waals surface area contributed by atoms with Crippen LogP contribution in [0.1, 0.15) is 12.5 Å². The van der Waals surface area contributed by atoms with Gasteiger partial charge >= 0.3 is 0 Å². The molecule has 0 aliphatic carbocycles. The summed E-state index contributed by atoms with van der Waals surface area (Å²) >= 11 is 3.35. The normalized spacial score (nSPS) is 17.6. The molecule has 0 spiro atoms.